The van der Waals surface area contributed by atoms with Crippen molar-refractivity contribution < 1.29 is 23.1 Å². The van der Waals surface area contributed by atoms with E-state index in [0.29, 0.717) is 5.92 Å². The average Bonchev–Trinajstić information content (AvgIpc) is 3.39. The highest BCUT2D eigenvalue weighted by atomic mass is 19.4. The molecule has 0 spiro atoms. The number of benzene rings is 1. The zero-order chi connectivity index (χ0) is 20.4. The summed E-state index contributed by atoms with van der Waals surface area (Å²) in [5, 5.41) is 15.5. The second-order valence-corrected chi connectivity index (χ2v) is 7.10. The molecule has 0 bridgehead atoms. The molecule has 1 saturated carbocycles. The highest BCUT2D eigenvalue weighted by Crippen LogP contribution is 2.41. The molecule has 3 N–H and O–H groups in total. The number of amides is 2. The molecule has 1 aliphatic carbocycles. The Hall–Kier alpha value is -2.55. The third kappa shape index (κ3) is 4.30. The summed E-state index contributed by atoms with van der Waals surface area (Å²) in [6, 6.07) is 8.70. The number of nitrogens with one attached hydrogen (secondary N) is 2. The zero-order valence-electron chi connectivity index (χ0n) is 15.4. The summed E-state index contributed by atoms with van der Waals surface area (Å²) in [7, 11) is 1.37. The predicted molar refractivity (Wildman–Crippen MR) is 96.2 cm³/mol. The number of aryl methyl sites for hydroxylation is 1. The first kappa shape index (κ1) is 20.2. The fourth-order valence-corrected chi connectivity index (χ4v) is 3.26. The van der Waals surface area contributed by atoms with Crippen LogP contribution in [0.25, 0.3) is 0 Å². The first-order valence-corrected chi connectivity index (χ1v) is 9.08. The first-order chi connectivity index (χ1) is 13.2. The molecule has 1 aromatic carbocycles. The third-order valence-electron chi connectivity index (χ3n) is 4.97. The van der Waals surface area contributed by atoms with Gasteiger partial charge >= 0.3 is 12.2 Å². The largest absolute Gasteiger partial charge is 0.424 e. The van der Waals surface area contributed by atoms with Gasteiger partial charge in [0.2, 0.25) is 5.60 Å². The first-order valence-electron chi connectivity index (χ1n) is 9.08. The van der Waals surface area contributed by atoms with E-state index in [1.165, 1.54) is 19.4 Å². The van der Waals surface area contributed by atoms with Crippen molar-refractivity contribution >= 4 is 6.03 Å². The van der Waals surface area contributed by atoms with Gasteiger partial charge < -0.3 is 20.3 Å². The van der Waals surface area contributed by atoms with Gasteiger partial charge in [-0.3, -0.25) is 0 Å². The average molecular weight is 396 g/mol. The lowest BCUT2D eigenvalue weighted by molar-refractivity contribution is -0.272. The van der Waals surface area contributed by atoms with Crippen LogP contribution in [0, 0.1) is 5.92 Å². The number of carbonyl (C=O) groups excluding carboxylic acids is 1. The minimum atomic E-state index is -4.93. The quantitative estimate of drug-likeness (QED) is 0.673. The van der Waals surface area contributed by atoms with Crippen LogP contribution in [0.2, 0.25) is 0 Å². The van der Waals surface area contributed by atoms with Gasteiger partial charge in [-0.15, -0.1) is 0 Å². The van der Waals surface area contributed by atoms with Crippen LogP contribution in [0.5, 0.6) is 0 Å². The smallest absolute Gasteiger partial charge is 0.374 e. The lowest BCUT2D eigenvalue weighted by Gasteiger charge is -2.30. The maximum atomic E-state index is 13.5. The molecule has 1 fully saturated rings. The molecule has 1 aliphatic rings. The number of urea groups is 1. The van der Waals surface area contributed by atoms with Crippen molar-refractivity contribution in [3.63, 3.8) is 0 Å². The van der Waals surface area contributed by atoms with Gasteiger partial charge in [-0.1, -0.05) is 30.3 Å². The van der Waals surface area contributed by atoms with Crippen molar-refractivity contribution in [1.29, 1.82) is 0 Å². The molecule has 9 heteroatoms. The Balaban J connectivity index is 1.61. The SMILES string of the molecule is Cn1ccnc1C(O)(CCNC(=O)NC(c1ccccc1)C1CC1)C(F)(F)F. The van der Waals surface area contributed by atoms with Crippen LogP contribution in [-0.2, 0) is 12.6 Å². The fourth-order valence-electron chi connectivity index (χ4n) is 3.26. The topological polar surface area (TPSA) is 79.2 Å². The molecule has 1 heterocycles. The van der Waals surface area contributed by atoms with Crippen LogP contribution in [0.3, 0.4) is 0 Å². The summed E-state index contributed by atoms with van der Waals surface area (Å²) in [4.78, 5) is 15.9. The minimum Gasteiger partial charge on any atom is -0.374 e. The molecule has 2 amide bonds. The van der Waals surface area contributed by atoms with Crippen LogP contribution >= 0.6 is 0 Å². The molecule has 0 saturated heterocycles. The Labute approximate surface area is 160 Å². The number of aliphatic hydroxyl groups is 1. The van der Waals surface area contributed by atoms with Crippen molar-refractivity contribution in [2.75, 3.05) is 6.54 Å². The van der Waals surface area contributed by atoms with Gasteiger partial charge in [-0.2, -0.15) is 13.2 Å². The summed E-state index contributed by atoms with van der Waals surface area (Å²) in [5.74, 6) is -0.185. The van der Waals surface area contributed by atoms with E-state index in [1.807, 2.05) is 30.3 Å². The van der Waals surface area contributed by atoms with Gasteiger partial charge in [0, 0.05) is 32.4 Å². The molecular weight excluding hydrogens is 373 g/mol. The predicted octanol–water partition coefficient (Wildman–Crippen LogP) is 3.01. The number of carbonyl (C=O) groups is 1. The summed E-state index contributed by atoms with van der Waals surface area (Å²) in [6.45, 7) is -0.360. The zero-order valence-corrected chi connectivity index (χ0v) is 15.4. The number of aromatic nitrogens is 2. The Morgan fingerprint density at radius 2 is 2.00 bits per heavy atom. The van der Waals surface area contributed by atoms with Gasteiger partial charge in [0.05, 0.1) is 6.04 Å². The van der Waals surface area contributed by atoms with Gasteiger partial charge in [-0.05, 0) is 24.3 Å². The standard InChI is InChI=1S/C19H23F3N4O2/c1-26-12-11-23-16(26)18(28,19(20,21)22)9-10-24-17(27)25-15(14-7-8-14)13-5-3-2-4-6-13/h2-6,11-12,14-15,28H,7-10H2,1H3,(H2,24,25,27). The highest BCUT2D eigenvalue weighted by Gasteiger charge is 2.57. The van der Waals surface area contributed by atoms with E-state index in [4.69, 9.17) is 0 Å². The molecule has 152 valence electrons. The van der Waals surface area contributed by atoms with Crippen LogP contribution in [0.15, 0.2) is 42.7 Å². The number of alkyl halides is 3. The Bertz CT molecular complexity index is 805. The normalized spacial score (nSPS) is 17.6. The second-order valence-electron chi connectivity index (χ2n) is 7.10. The molecular formula is C19H23F3N4O2. The van der Waals surface area contributed by atoms with E-state index in [9.17, 15) is 23.1 Å². The molecule has 3 rings (SSSR count). The minimum absolute atomic E-state index is 0.183. The number of hydrogen-bond acceptors (Lipinski definition) is 3. The Morgan fingerprint density at radius 3 is 2.54 bits per heavy atom. The van der Waals surface area contributed by atoms with Gasteiger partial charge in [0.1, 0.15) is 5.82 Å². The number of halogens is 3. The maximum Gasteiger partial charge on any atom is 0.424 e. The van der Waals surface area contributed by atoms with E-state index in [-0.39, 0.29) is 12.6 Å². The molecule has 2 atom stereocenters. The second kappa shape index (κ2) is 7.83. The van der Waals surface area contributed by atoms with E-state index in [0.717, 1.165) is 23.0 Å². The van der Waals surface area contributed by atoms with E-state index in [1.54, 1.807) is 0 Å². The van der Waals surface area contributed by atoms with Crippen molar-refractivity contribution in [3.05, 3.63) is 54.1 Å². The lowest BCUT2D eigenvalue weighted by Crippen LogP contribution is -2.48. The molecule has 0 radical (unpaired) electrons. The summed E-state index contributed by atoms with van der Waals surface area (Å²) >= 11 is 0. The van der Waals surface area contributed by atoms with Crippen LogP contribution < -0.4 is 10.6 Å². The van der Waals surface area contributed by atoms with Crippen LogP contribution in [0.1, 0.15) is 36.7 Å². The van der Waals surface area contributed by atoms with Crippen molar-refractivity contribution in [3.8, 4) is 0 Å². The van der Waals surface area contributed by atoms with Crippen LogP contribution in [0.4, 0.5) is 18.0 Å². The summed E-state index contributed by atoms with van der Waals surface area (Å²) in [6.07, 6.45) is -1.17. The van der Waals surface area contributed by atoms with Gasteiger partial charge in [0.25, 0.3) is 0 Å². The summed E-state index contributed by atoms with van der Waals surface area (Å²) in [5.41, 5.74) is -2.19. The van der Waals surface area contributed by atoms with Crippen molar-refractivity contribution in [2.24, 2.45) is 13.0 Å². The van der Waals surface area contributed by atoms with E-state index < -0.39 is 30.1 Å². The molecule has 2 unspecified atom stereocenters. The van der Waals surface area contributed by atoms with Crippen LogP contribution in [-0.4, -0.2) is 33.4 Å². The number of nitrogens with zero attached hydrogens (tertiary/aromatic N) is 2. The molecule has 28 heavy (non-hydrogen) atoms. The molecule has 0 aliphatic heterocycles. The Morgan fingerprint density at radius 1 is 1.32 bits per heavy atom. The summed E-state index contributed by atoms with van der Waals surface area (Å²) < 4.78 is 41.6. The van der Waals surface area contributed by atoms with Gasteiger partial charge in [0.15, 0.2) is 0 Å². The molecule has 1 aromatic heterocycles. The van der Waals surface area contributed by atoms with Gasteiger partial charge in [-0.25, -0.2) is 9.78 Å². The molecule has 2 aromatic rings. The van der Waals surface area contributed by atoms with Crippen molar-refractivity contribution in [1.82, 2.24) is 20.2 Å². The molecule has 6 nitrogen and oxygen atoms in total. The highest BCUT2D eigenvalue weighted by molar-refractivity contribution is 5.74. The maximum absolute atomic E-state index is 13.5. The number of rotatable bonds is 7. The monoisotopic (exact) mass is 396 g/mol. The third-order valence-corrected chi connectivity index (χ3v) is 4.97. The lowest BCUT2D eigenvalue weighted by atomic mass is 9.97. The number of hydrogen-bond donors (Lipinski definition) is 3. The van der Waals surface area contributed by atoms with E-state index >= 15 is 0 Å². The Kier molecular flexibility index (Phi) is 5.64. The van der Waals surface area contributed by atoms with Crippen molar-refractivity contribution in [2.45, 2.75) is 37.1 Å². The fraction of sp³-hybridized carbons (Fsp3) is 0.474. The van der Waals surface area contributed by atoms with E-state index in [2.05, 4.69) is 15.6 Å². The number of imidazole rings is 1.